The molecular formula is C31H25N5O2. The fourth-order valence-corrected chi connectivity index (χ4v) is 4.66. The normalized spacial score (nSPS) is 12.8. The molecule has 0 bridgehead atoms. The second kappa shape index (κ2) is 9.44. The van der Waals surface area contributed by atoms with Crippen molar-refractivity contribution in [2.45, 2.75) is 13.8 Å². The second-order valence-electron chi connectivity index (χ2n) is 9.15. The summed E-state index contributed by atoms with van der Waals surface area (Å²) in [6.45, 7) is 8.51. The van der Waals surface area contributed by atoms with Crippen LogP contribution in [0.4, 0.5) is 5.69 Å². The summed E-state index contributed by atoms with van der Waals surface area (Å²) in [6.07, 6.45) is 6.75. The van der Waals surface area contributed by atoms with Crippen molar-refractivity contribution in [3.63, 3.8) is 0 Å². The van der Waals surface area contributed by atoms with Gasteiger partial charge in [0.2, 0.25) is 5.88 Å². The standard InChI is InChI=1S/C31H25N5O2/c1-19-12-24(28-17-32-18-38-28)14-25(13-19)31-26-6-5-11-33-30(26)21(3)36(35-31)27-15-22(8-7-20(27)2)23-9-10-29(37-4)34-16-23/h5-18H,3H2,1-2,4H3. The van der Waals surface area contributed by atoms with E-state index in [0.29, 0.717) is 17.3 Å². The number of aryl methyl sites for hydroxylation is 2. The van der Waals surface area contributed by atoms with Crippen LogP contribution >= 0.6 is 0 Å². The first-order valence-corrected chi connectivity index (χ1v) is 12.2. The molecular weight excluding hydrogens is 474 g/mol. The van der Waals surface area contributed by atoms with Crippen LogP contribution < -0.4 is 9.75 Å². The maximum Gasteiger partial charge on any atom is 0.212 e. The van der Waals surface area contributed by atoms with E-state index in [1.165, 1.54) is 6.39 Å². The van der Waals surface area contributed by atoms with Crippen molar-refractivity contribution in [1.82, 2.24) is 15.0 Å². The van der Waals surface area contributed by atoms with Crippen LogP contribution in [-0.4, -0.2) is 27.8 Å². The van der Waals surface area contributed by atoms with Crippen LogP contribution in [0.15, 0.2) is 102 Å². The highest BCUT2D eigenvalue weighted by molar-refractivity contribution is 6.18. The molecule has 0 saturated carbocycles. The SMILES string of the molecule is C=C1c2ncccc2C(c2cc(C)cc(-c3cnco3)c2)=NN1c1cc(-c2ccc(OC)nc2)ccc1C. The molecule has 0 unspecified atom stereocenters. The zero-order valence-corrected chi connectivity index (χ0v) is 21.3. The monoisotopic (exact) mass is 499 g/mol. The van der Waals surface area contributed by atoms with E-state index >= 15 is 0 Å². The zero-order chi connectivity index (χ0) is 26.2. The third-order valence-electron chi connectivity index (χ3n) is 6.58. The lowest BCUT2D eigenvalue weighted by Crippen LogP contribution is -2.26. The maximum atomic E-state index is 5.58. The van der Waals surface area contributed by atoms with Crippen LogP contribution in [-0.2, 0) is 0 Å². The summed E-state index contributed by atoms with van der Waals surface area (Å²) in [5, 5.41) is 7.05. The van der Waals surface area contributed by atoms with Gasteiger partial charge in [0.15, 0.2) is 12.2 Å². The van der Waals surface area contributed by atoms with Gasteiger partial charge in [0.25, 0.3) is 0 Å². The summed E-state index contributed by atoms with van der Waals surface area (Å²) in [4.78, 5) is 13.2. The first-order valence-electron chi connectivity index (χ1n) is 12.2. The minimum Gasteiger partial charge on any atom is -0.481 e. The first-order chi connectivity index (χ1) is 18.5. The first kappa shape index (κ1) is 23.4. The zero-order valence-electron chi connectivity index (χ0n) is 21.3. The Hall–Kier alpha value is -5.04. The van der Waals surface area contributed by atoms with Gasteiger partial charge >= 0.3 is 0 Å². The van der Waals surface area contributed by atoms with Gasteiger partial charge in [-0.25, -0.2) is 15.0 Å². The fraction of sp³-hybridized carbons (Fsp3) is 0.0968. The summed E-state index contributed by atoms with van der Waals surface area (Å²) < 4.78 is 10.8. The molecule has 1 aliphatic rings. The number of rotatable bonds is 5. The summed E-state index contributed by atoms with van der Waals surface area (Å²) in [5.41, 5.74) is 10.2. The number of aromatic nitrogens is 3. The Morgan fingerprint density at radius 2 is 1.71 bits per heavy atom. The lowest BCUT2D eigenvalue weighted by atomic mass is 9.94. The van der Waals surface area contributed by atoms with Crippen molar-refractivity contribution in [3.8, 4) is 28.3 Å². The number of pyridine rings is 2. The predicted molar refractivity (Wildman–Crippen MR) is 149 cm³/mol. The van der Waals surface area contributed by atoms with Gasteiger partial charge in [-0.3, -0.25) is 4.98 Å². The van der Waals surface area contributed by atoms with Crippen molar-refractivity contribution >= 4 is 17.1 Å². The number of hydrogen-bond acceptors (Lipinski definition) is 7. The van der Waals surface area contributed by atoms with E-state index in [0.717, 1.165) is 56.0 Å². The van der Waals surface area contributed by atoms with Crippen LogP contribution in [0.25, 0.3) is 28.1 Å². The molecule has 6 rings (SSSR count). The molecule has 0 aliphatic carbocycles. The molecule has 4 heterocycles. The molecule has 0 amide bonds. The van der Waals surface area contributed by atoms with Gasteiger partial charge in [-0.05, 0) is 73.0 Å². The number of ether oxygens (including phenoxy) is 1. The van der Waals surface area contributed by atoms with Crippen molar-refractivity contribution < 1.29 is 9.15 Å². The van der Waals surface area contributed by atoms with Crippen LogP contribution in [0, 0.1) is 13.8 Å². The minimum atomic E-state index is 0.574. The lowest BCUT2D eigenvalue weighted by Gasteiger charge is -2.30. The predicted octanol–water partition coefficient (Wildman–Crippen LogP) is 6.67. The Bertz CT molecular complexity index is 1690. The van der Waals surface area contributed by atoms with Crippen molar-refractivity contribution in [1.29, 1.82) is 0 Å². The molecule has 3 aromatic heterocycles. The molecule has 0 radical (unpaired) electrons. The maximum absolute atomic E-state index is 5.58. The average Bonchev–Trinajstić information content (AvgIpc) is 3.49. The third kappa shape index (κ3) is 4.14. The summed E-state index contributed by atoms with van der Waals surface area (Å²) in [5.74, 6) is 1.28. The molecule has 0 saturated heterocycles. The highest BCUT2D eigenvalue weighted by Gasteiger charge is 2.27. The highest BCUT2D eigenvalue weighted by atomic mass is 16.5. The molecule has 1 aliphatic heterocycles. The van der Waals surface area contributed by atoms with Gasteiger partial charge in [-0.15, -0.1) is 0 Å². The Balaban J connectivity index is 1.50. The van der Waals surface area contributed by atoms with Crippen molar-refractivity contribution in [3.05, 3.63) is 120 Å². The van der Waals surface area contributed by atoms with Gasteiger partial charge in [0.1, 0.15) is 5.71 Å². The molecule has 0 atom stereocenters. The number of oxazole rings is 1. The quantitative estimate of drug-likeness (QED) is 0.269. The average molecular weight is 500 g/mol. The van der Waals surface area contributed by atoms with Gasteiger partial charge in [0.05, 0.1) is 30.4 Å². The largest absolute Gasteiger partial charge is 0.481 e. The van der Waals surface area contributed by atoms with E-state index in [-0.39, 0.29) is 0 Å². The molecule has 0 spiro atoms. The van der Waals surface area contributed by atoms with E-state index in [1.807, 2.05) is 35.5 Å². The second-order valence-corrected chi connectivity index (χ2v) is 9.15. The molecule has 7 heteroatoms. The van der Waals surface area contributed by atoms with Crippen molar-refractivity contribution in [2.24, 2.45) is 5.10 Å². The Kier molecular flexibility index (Phi) is 5.81. The van der Waals surface area contributed by atoms with Gasteiger partial charge < -0.3 is 9.15 Å². The smallest absolute Gasteiger partial charge is 0.212 e. The number of nitrogens with zero attached hydrogens (tertiary/aromatic N) is 5. The molecule has 186 valence electrons. The number of benzene rings is 2. The van der Waals surface area contributed by atoms with E-state index < -0.39 is 0 Å². The molecule has 38 heavy (non-hydrogen) atoms. The van der Waals surface area contributed by atoms with Crippen LogP contribution in [0.1, 0.15) is 27.9 Å². The van der Waals surface area contributed by atoms with Crippen LogP contribution in [0.2, 0.25) is 0 Å². The highest BCUT2D eigenvalue weighted by Crippen LogP contribution is 2.37. The van der Waals surface area contributed by atoms with Crippen LogP contribution in [0.5, 0.6) is 5.88 Å². The Morgan fingerprint density at radius 1 is 0.868 bits per heavy atom. The number of methoxy groups -OCH3 is 1. The number of fused-ring (bicyclic) bond motifs is 1. The topological polar surface area (TPSA) is 76.6 Å². The van der Waals surface area contributed by atoms with E-state index in [2.05, 4.69) is 66.8 Å². The number of anilines is 1. The van der Waals surface area contributed by atoms with Crippen molar-refractivity contribution in [2.75, 3.05) is 12.1 Å². The molecule has 2 aromatic carbocycles. The fourth-order valence-electron chi connectivity index (χ4n) is 4.66. The molecule has 5 aromatic rings. The summed E-state index contributed by atoms with van der Waals surface area (Å²) in [6, 6.07) is 20.3. The molecule has 0 fully saturated rings. The summed E-state index contributed by atoms with van der Waals surface area (Å²) >= 11 is 0. The Labute approximate surface area is 220 Å². The van der Waals surface area contributed by atoms with E-state index in [4.69, 9.17) is 19.2 Å². The summed E-state index contributed by atoms with van der Waals surface area (Å²) in [7, 11) is 1.61. The van der Waals surface area contributed by atoms with Gasteiger partial charge in [0, 0.05) is 40.7 Å². The Morgan fingerprint density at radius 3 is 2.47 bits per heavy atom. The van der Waals surface area contributed by atoms with E-state index in [1.54, 1.807) is 19.5 Å². The van der Waals surface area contributed by atoms with Gasteiger partial charge in [-0.2, -0.15) is 5.10 Å². The minimum absolute atomic E-state index is 0.574. The molecule has 7 nitrogen and oxygen atoms in total. The van der Waals surface area contributed by atoms with Gasteiger partial charge in [-0.1, -0.05) is 18.7 Å². The number of hydrogen-bond donors (Lipinski definition) is 0. The number of hydrazone groups is 1. The third-order valence-corrected chi connectivity index (χ3v) is 6.58. The molecule has 0 N–H and O–H groups in total. The lowest BCUT2D eigenvalue weighted by molar-refractivity contribution is 0.398. The van der Waals surface area contributed by atoms with E-state index in [9.17, 15) is 0 Å². The van der Waals surface area contributed by atoms with Crippen LogP contribution in [0.3, 0.4) is 0 Å².